The van der Waals surface area contributed by atoms with Gasteiger partial charge in [-0.2, -0.15) is 0 Å². The summed E-state index contributed by atoms with van der Waals surface area (Å²) >= 11 is 0. The van der Waals surface area contributed by atoms with Crippen LogP contribution in [0, 0.1) is 5.92 Å². The van der Waals surface area contributed by atoms with E-state index in [9.17, 15) is 5.11 Å². The van der Waals surface area contributed by atoms with Crippen LogP contribution >= 0.6 is 0 Å². The Morgan fingerprint density at radius 3 is 2.55 bits per heavy atom. The van der Waals surface area contributed by atoms with Gasteiger partial charge in [-0.05, 0) is 37.8 Å². The highest BCUT2D eigenvalue weighted by Crippen LogP contribution is 2.36. The van der Waals surface area contributed by atoms with Crippen LogP contribution in [0.4, 0.5) is 5.69 Å². The van der Waals surface area contributed by atoms with Crippen molar-refractivity contribution in [2.75, 3.05) is 38.8 Å². The number of nitrogens with zero attached hydrogens (tertiary/aromatic N) is 1. The number of ether oxygens (including phenoxy) is 2. The predicted octanol–water partition coefficient (Wildman–Crippen LogP) is 2.61. The van der Waals surface area contributed by atoms with Crippen LogP contribution in [0.15, 0.2) is 18.2 Å². The Balaban J connectivity index is 2.17. The van der Waals surface area contributed by atoms with Crippen LogP contribution in [0.1, 0.15) is 31.4 Å². The van der Waals surface area contributed by atoms with Gasteiger partial charge in [0.05, 0.1) is 13.2 Å². The number of anilines is 1. The van der Waals surface area contributed by atoms with Crippen LogP contribution in [0.25, 0.3) is 0 Å². The Labute approximate surface area is 121 Å². The van der Waals surface area contributed by atoms with Crippen molar-refractivity contribution in [1.29, 1.82) is 0 Å². The van der Waals surface area contributed by atoms with Gasteiger partial charge >= 0.3 is 0 Å². The van der Waals surface area contributed by atoms with Gasteiger partial charge in [0.1, 0.15) is 5.75 Å². The molecule has 1 N–H and O–H groups in total. The van der Waals surface area contributed by atoms with E-state index in [2.05, 4.69) is 11.0 Å². The number of hydrogen-bond donors (Lipinski definition) is 1. The maximum Gasteiger partial charge on any atom is 0.126 e. The first-order valence-electron chi connectivity index (χ1n) is 7.26. The number of aliphatic hydroxyl groups is 1. The van der Waals surface area contributed by atoms with Gasteiger partial charge < -0.3 is 19.5 Å². The molecule has 1 saturated heterocycles. The summed E-state index contributed by atoms with van der Waals surface area (Å²) in [4.78, 5) is 2.34. The zero-order valence-electron chi connectivity index (χ0n) is 12.6. The quantitative estimate of drug-likeness (QED) is 0.899. The van der Waals surface area contributed by atoms with Crippen LogP contribution in [0.5, 0.6) is 5.75 Å². The number of hydrogen-bond acceptors (Lipinski definition) is 4. The zero-order valence-corrected chi connectivity index (χ0v) is 12.6. The molecule has 0 spiro atoms. The first kappa shape index (κ1) is 15.1. The van der Waals surface area contributed by atoms with Gasteiger partial charge in [-0.3, -0.25) is 0 Å². The summed E-state index contributed by atoms with van der Waals surface area (Å²) in [6.45, 7) is 4.63. The minimum atomic E-state index is -0.530. The van der Waals surface area contributed by atoms with E-state index in [0.29, 0.717) is 5.92 Å². The lowest BCUT2D eigenvalue weighted by Crippen LogP contribution is -2.35. The van der Waals surface area contributed by atoms with Crippen molar-refractivity contribution >= 4 is 5.69 Å². The largest absolute Gasteiger partial charge is 0.496 e. The van der Waals surface area contributed by atoms with Crippen molar-refractivity contribution < 1.29 is 14.6 Å². The molecule has 0 saturated carbocycles. The molecule has 1 fully saturated rings. The zero-order chi connectivity index (χ0) is 14.5. The molecular weight excluding hydrogens is 254 g/mol. The summed E-state index contributed by atoms with van der Waals surface area (Å²) in [5.74, 6) is 1.41. The molecule has 0 unspecified atom stereocenters. The highest BCUT2D eigenvalue weighted by molar-refractivity contribution is 5.60. The van der Waals surface area contributed by atoms with Crippen LogP contribution in [0.2, 0.25) is 0 Å². The monoisotopic (exact) mass is 279 g/mol. The summed E-state index contributed by atoms with van der Waals surface area (Å²) < 4.78 is 10.6. The van der Waals surface area contributed by atoms with E-state index in [1.54, 1.807) is 21.1 Å². The molecule has 20 heavy (non-hydrogen) atoms. The number of methoxy groups -OCH3 is 2. The maximum absolute atomic E-state index is 10.1. The topological polar surface area (TPSA) is 41.9 Å². The number of piperidine rings is 1. The average Bonchev–Trinajstić information content (AvgIpc) is 2.47. The molecule has 0 aromatic heterocycles. The Morgan fingerprint density at radius 2 is 2.00 bits per heavy atom. The highest BCUT2D eigenvalue weighted by atomic mass is 16.5. The first-order chi connectivity index (χ1) is 9.67. The van der Waals surface area contributed by atoms with Crippen molar-refractivity contribution in [1.82, 2.24) is 0 Å². The lowest BCUT2D eigenvalue weighted by Gasteiger charge is -2.35. The van der Waals surface area contributed by atoms with E-state index in [-0.39, 0.29) is 0 Å². The Hall–Kier alpha value is -1.26. The van der Waals surface area contributed by atoms with E-state index >= 15 is 0 Å². The molecule has 1 heterocycles. The first-order valence-corrected chi connectivity index (χ1v) is 7.26. The molecule has 1 aliphatic rings. The average molecular weight is 279 g/mol. The van der Waals surface area contributed by atoms with Gasteiger partial charge in [-0.1, -0.05) is 6.07 Å². The molecule has 112 valence electrons. The third-order valence-corrected chi connectivity index (χ3v) is 4.04. The van der Waals surface area contributed by atoms with E-state index in [1.165, 1.54) is 0 Å². The van der Waals surface area contributed by atoms with Crippen molar-refractivity contribution in [2.24, 2.45) is 5.92 Å². The molecule has 1 aromatic rings. The smallest absolute Gasteiger partial charge is 0.126 e. The van der Waals surface area contributed by atoms with Gasteiger partial charge in [0.2, 0.25) is 0 Å². The van der Waals surface area contributed by atoms with Crippen molar-refractivity contribution in [3.05, 3.63) is 23.8 Å². The molecule has 4 heteroatoms. The second-order valence-electron chi connectivity index (χ2n) is 5.45. The second kappa shape index (κ2) is 6.95. The van der Waals surface area contributed by atoms with Crippen molar-refractivity contribution in [2.45, 2.75) is 25.9 Å². The van der Waals surface area contributed by atoms with Gasteiger partial charge in [-0.15, -0.1) is 0 Å². The number of rotatable bonds is 5. The molecule has 0 amide bonds. The molecule has 1 aromatic carbocycles. The molecule has 0 bridgehead atoms. The van der Waals surface area contributed by atoms with E-state index < -0.39 is 6.10 Å². The summed E-state index contributed by atoms with van der Waals surface area (Å²) in [6, 6.07) is 5.96. The van der Waals surface area contributed by atoms with E-state index in [0.717, 1.165) is 49.5 Å². The third-order valence-electron chi connectivity index (χ3n) is 4.04. The standard InChI is InChI=1S/C16H25NO3/c1-12(18)16-14(5-4-6-15(16)20-3)17-9-7-13(8-10-17)11-19-2/h4-6,12-13,18H,7-11H2,1-3H3/t12-/m0/s1. The molecule has 1 atom stereocenters. The molecule has 2 rings (SSSR count). The fourth-order valence-electron chi connectivity index (χ4n) is 2.98. The Bertz CT molecular complexity index is 426. The van der Waals surface area contributed by atoms with Crippen LogP contribution < -0.4 is 9.64 Å². The van der Waals surface area contributed by atoms with Crippen LogP contribution in [-0.2, 0) is 4.74 Å². The fraction of sp³-hybridized carbons (Fsp3) is 0.625. The fourth-order valence-corrected chi connectivity index (χ4v) is 2.98. The maximum atomic E-state index is 10.1. The summed E-state index contributed by atoms with van der Waals surface area (Å²) in [5, 5.41) is 10.1. The van der Waals surface area contributed by atoms with Gasteiger partial charge in [0, 0.05) is 38.1 Å². The Morgan fingerprint density at radius 1 is 1.30 bits per heavy atom. The minimum Gasteiger partial charge on any atom is -0.496 e. The van der Waals surface area contributed by atoms with Gasteiger partial charge in [0.15, 0.2) is 0 Å². The minimum absolute atomic E-state index is 0.530. The van der Waals surface area contributed by atoms with Crippen molar-refractivity contribution in [3.8, 4) is 5.75 Å². The van der Waals surface area contributed by atoms with E-state index in [4.69, 9.17) is 9.47 Å². The van der Waals surface area contributed by atoms with Crippen molar-refractivity contribution in [3.63, 3.8) is 0 Å². The SMILES string of the molecule is COCC1CCN(c2cccc(OC)c2[C@H](C)O)CC1. The summed E-state index contributed by atoms with van der Waals surface area (Å²) in [5.41, 5.74) is 1.98. The van der Waals surface area contributed by atoms with Gasteiger partial charge in [-0.25, -0.2) is 0 Å². The molecule has 0 aliphatic carbocycles. The van der Waals surface area contributed by atoms with E-state index in [1.807, 2.05) is 12.1 Å². The normalized spacial score (nSPS) is 18.1. The molecule has 4 nitrogen and oxygen atoms in total. The summed E-state index contributed by atoms with van der Waals surface area (Å²) in [7, 11) is 3.41. The van der Waals surface area contributed by atoms with Crippen LogP contribution in [0.3, 0.4) is 0 Å². The third kappa shape index (κ3) is 3.25. The predicted molar refractivity (Wildman–Crippen MR) is 80.4 cm³/mol. The molecular formula is C16H25NO3. The second-order valence-corrected chi connectivity index (χ2v) is 5.45. The molecule has 0 radical (unpaired) electrons. The molecule has 1 aliphatic heterocycles. The lowest BCUT2D eigenvalue weighted by atomic mass is 9.96. The highest BCUT2D eigenvalue weighted by Gasteiger charge is 2.23. The van der Waals surface area contributed by atoms with Gasteiger partial charge in [0.25, 0.3) is 0 Å². The van der Waals surface area contributed by atoms with Crippen LogP contribution in [-0.4, -0.2) is 39.0 Å². The number of aliphatic hydroxyl groups excluding tert-OH is 1. The number of benzene rings is 1. The lowest BCUT2D eigenvalue weighted by molar-refractivity contribution is 0.139. The Kier molecular flexibility index (Phi) is 5.26. The summed E-state index contributed by atoms with van der Waals surface area (Å²) in [6.07, 6.45) is 1.73.